The average Bonchev–Trinajstić information content (AvgIpc) is 3.27. The molecule has 1 fully saturated rings. The van der Waals surface area contributed by atoms with Crippen LogP contribution in [0.4, 0.5) is 0 Å². The summed E-state index contributed by atoms with van der Waals surface area (Å²) in [6.45, 7) is 3.07. The summed E-state index contributed by atoms with van der Waals surface area (Å²) in [6.07, 6.45) is 31.1. The Hall–Kier alpha value is -2.75. The zero-order valence-corrected chi connectivity index (χ0v) is 39.6. The molecular formula is C49H83O14P. The van der Waals surface area contributed by atoms with Gasteiger partial charge in [-0.1, -0.05) is 145 Å². The number of aliphatic hydroxyl groups is 6. The van der Waals surface area contributed by atoms with Crippen LogP contribution in [0.15, 0.2) is 72.9 Å². The monoisotopic (exact) mass is 927 g/mol. The molecule has 0 saturated heterocycles. The normalized spacial score (nSPS) is 22.7. The molecular weight excluding hydrogens is 843 g/mol. The largest absolute Gasteiger partial charge is 0.472 e. The van der Waals surface area contributed by atoms with E-state index in [1.807, 2.05) is 12.2 Å². The van der Waals surface area contributed by atoms with Crippen LogP contribution >= 0.6 is 7.82 Å². The predicted molar refractivity (Wildman–Crippen MR) is 250 cm³/mol. The van der Waals surface area contributed by atoms with Gasteiger partial charge >= 0.3 is 19.8 Å². The van der Waals surface area contributed by atoms with Crippen LogP contribution in [0.3, 0.4) is 0 Å². The van der Waals surface area contributed by atoms with E-state index in [-0.39, 0.29) is 25.7 Å². The topological polar surface area (TPSA) is 230 Å². The molecule has 1 aliphatic carbocycles. The van der Waals surface area contributed by atoms with Crippen molar-refractivity contribution in [3.05, 3.63) is 72.9 Å². The van der Waals surface area contributed by atoms with E-state index >= 15 is 0 Å². The lowest BCUT2D eigenvalue weighted by Gasteiger charge is -2.41. The molecule has 0 aromatic carbocycles. The van der Waals surface area contributed by atoms with E-state index in [0.29, 0.717) is 6.42 Å². The second-order valence-corrected chi connectivity index (χ2v) is 17.9. The number of carbonyl (C=O) groups is 2. The number of rotatable bonds is 38. The van der Waals surface area contributed by atoms with Crippen molar-refractivity contribution in [2.75, 3.05) is 13.2 Å². The van der Waals surface area contributed by atoms with E-state index in [0.717, 1.165) is 57.8 Å². The third-order valence-corrected chi connectivity index (χ3v) is 11.6. The summed E-state index contributed by atoms with van der Waals surface area (Å²) in [5.74, 6) is -1.33. The molecule has 0 spiro atoms. The van der Waals surface area contributed by atoms with Gasteiger partial charge in [0.05, 0.1) is 12.7 Å². The molecule has 0 aliphatic heterocycles. The predicted octanol–water partition coefficient (Wildman–Crippen LogP) is 8.47. The first kappa shape index (κ1) is 59.3. The van der Waals surface area contributed by atoms with E-state index < -0.39 is 81.8 Å². The van der Waals surface area contributed by atoms with E-state index in [1.54, 1.807) is 12.2 Å². The maximum atomic E-state index is 12.8. The fourth-order valence-corrected chi connectivity index (χ4v) is 7.69. The molecule has 0 aromatic heterocycles. The Balaban J connectivity index is 2.56. The molecule has 0 amide bonds. The van der Waals surface area contributed by atoms with Crippen molar-refractivity contribution < 1.29 is 68.2 Å². The number of esters is 2. The SMILES string of the molecule is CCCCC/C=C\C/C=C\C/C=C\CCCCCCC(=O)O[C@H](COC(=O)CCCC(O)/C=C/C=C/C/C=C/CCCCCCCC)COP(=O)(O)OC1[C@H](O)[C@H](O)C(O)[C@H](O)[C@H]1O. The Morgan fingerprint density at radius 3 is 1.62 bits per heavy atom. The van der Waals surface area contributed by atoms with E-state index in [9.17, 15) is 49.7 Å². The number of carbonyl (C=O) groups excluding carboxylic acids is 2. The first-order valence-corrected chi connectivity index (χ1v) is 25.3. The zero-order valence-electron chi connectivity index (χ0n) is 38.7. The fraction of sp³-hybridized carbons (Fsp3) is 0.714. The van der Waals surface area contributed by atoms with Crippen LogP contribution in [-0.2, 0) is 32.7 Å². The second-order valence-electron chi connectivity index (χ2n) is 16.5. The molecule has 0 bridgehead atoms. The van der Waals surface area contributed by atoms with Crippen molar-refractivity contribution in [1.29, 1.82) is 0 Å². The molecule has 1 saturated carbocycles. The molecule has 14 nitrogen and oxygen atoms in total. The van der Waals surface area contributed by atoms with Gasteiger partial charge in [0.15, 0.2) is 6.10 Å². The molecule has 368 valence electrons. The summed E-state index contributed by atoms with van der Waals surface area (Å²) in [4.78, 5) is 35.7. The highest BCUT2D eigenvalue weighted by atomic mass is 31.2. The fourth-order valence-electron chi connectivity index (χ4n) is 6.71. The lowest BCUT2D eigenvalue weighted by molar-refractivity contribution is -0.220. The molecule has 0 aromatic rings. The summed E-state index contributed by atoms with van der Waals surface area (Å²) in [6, 6.07) is 0. The Morgan fingerprint density at radius 1 is 0.562 bits per heavy atom. The molecule has 1 aliphatic rings. The third kappa shape index (κ3) is 30.5. The Bertz CT molecular complexity index is 1410. The minimum Gasteiger partial charge on any atom is -0.462 e. The van der Waals surface area contributed by atoms with Gasteiger partial charge in [0, 0.05) is 12.8 Å². The molecule has 4 unspecified atom stereocenters. The highest BCUT2D eigenvalue weighted by Crippen LogP contribution is 2.47. The van der Waals surface area contributed by atoms with Gasteiger partial charge in [0.2, 0.25) is 0 Å². The van der Waals surface area contributed by atoms with Gasteiger partial charge in [-0.2, -0.15) is 0 Å². The Morgan fingerprint density at radius 2 is 1.03 bits per heavy atom. The number of aliphatic hydroxyl groups excluding tert-OH is 6. The minimum absolute atomic E-state index is 0.0283. The molecule has 1 rings (SSSR count). The number of unbranched alkanes of at least 4 members (excludes halogenated alkanes) is 13. The first-order chi connectivity index (χ1) is 30.8. The summed E-state index contributed by atoms with van der Waals surface area (Å²) >= 11 is 0. The highest BCUT2D eigenvalue weighted by Gasteiger charge is 2.51. The number of phosphoric acid groups is 1. The number of hydrogen-bond donors (Lipinski definition) is 7. The molecule has 9 atom stereocenters. The van der Waals surface area contributed by atoms with Gasteiger partial charge in [-0.25, -0.2) is 4.57 Å². The molecule has 15 heteroatoms. The Labute approximate surface area is 383 Å². The van der Waals surface area contributed by atoms with Crippen LogP contribution in [0.2, 0.25) is 0 Å². The summed E-state index contributed by atoms with van der Waals surface area (Å²) in [7, 11) is -5.17. The van der Waals surface area contributed by atoms with Crippen LogP contribution in [0.25, 0.3) is 0 Å². The van der Waals surface area contributed by atoms with E-state index in [2.05, 4.69) is 62.5 Å². The van der Waals surface area contributed by atoms with E-state index in [4.69, 9.17) is 18.5 Å². The van der Waals surface area contributed by atoms with Gasteiger partial charge in [-0.05, 0) is 77.0 Å². The van der Waals surface area contributed by atoms with Crippen molar-refractivity contribution >= 4 is 19.8 Å². The van der Waals surface area contributed by atoms with Crippen LogP contribution in [0, 0.1) is 0 Å². The lowest BCUT2D eigenvalue weighted by Crippen LogP contribution is -2.64. The third-order valence-electron chi connectivity index (χ3n) is 10.6. The quantitative estimate of drug-likeness (QED) is 0.0101. The maximum absolute atomic E-state index is 12.8. The van der Waals surface area contributed by atoms with Gasteiger partial charge in [0.25, 0.3) is 0 Å². The van der Waals surface area contributed by atoms with Crippen LogP contribution in [-0.4, -0.2) is 110 Å². The van der Waals surface area contributed by atoms with Gasteiger partial charge in [-0.3, -0.25) is 18.6 Å². The summed E-state index contributed by atoms with van der Waals surface area (Å²) < 4.78 is 33.4. The van der Waals surface area contributed by atoms with Crippen molar-refractivity contribution in [3.63, 3.8) is 0 Å². The minimum atomic E-state index is -5.17. The average molecular weight is 927 g/mol. The number of hydrogen-bond acceptors (Lipinski definition) is 13. The van der Waals surface area contributed by atoms with Crippen LogP contribution in [0.1, 0.15) is 162 Å². The second kappa shape index (κ2) is 38.4. The van der Waals surface area contributed by atoms with E-state index in [1.165, 1.54) is 57.8 Å². The zero-order chi connectivity index (χ0) is 47.3. The number of phosphoric ester groups is 1. The molecule has 7 N–H and O–H groups in total. The maximum Gasteiger partial charge on any atom is 0.472 e. The standard InChI is InChI=1S/C49H83O14P/c1-3-5-7-9-11-13-15-17-18-19-20-22-24-26-28-30-32-36-43(52)62-41(39-61-64(58,59)63-49-47(56)45(54)44(53)46(55)48(49)57)38-60-42(51)37-33-35-40(50)34-31-29-27-25-23-21-16-14-12-10-8-6-4-2/h11,13,17-18,20-23,27,29,31,34,40-41,44-50,53-57H,3-10,12,14-16,19,24-26,28,30,32-33,35-39H2,1-2H3,(H,58,59)/b13-11-,18-17-,22-20-,23-21+,29-27+,34-31+/t40?,41-,44?,45-,46+,47-,48-,49?/m1/s1. The summed E-state index contributed by atoms with van der Waals surface area (Å²) in [5, 5.41) is 60.5. The molecule has 64 heavy (non-hydrogen) atoms. The van der Waals surface area contributed by atoms with Gasteiger partial charge in [-0.15, -0.1) is 0 Å². The summed E-state index contributed by atoms with van der Waals surface area (Å²) in [5.41, 5.74) is 0. The number of ether oxygens (including phenoxy) is 2. The van der Waals surface area contributed by atoms with Crippen LogP contribution < -0.4 is 0 Å². The first-order valence-electron chi connectivity index (χ1n) is 23.8. The number of allylic oxidation sites excluding steroid dienone is 11. The van der Waals surface area contributed by atoms with Gasteiger partial charge < -0.3 is 45.0 Å². The van der Waals surface area contributed by atoms with Crippen molar-refractivity contribution in [3.8, 4) is 0 Å². The van der Waals surface area contributed by atoms with Gasteiger partial charge in [0.1, 0.15) is 43.2 Å². The Kier molecular flexibility index (Phi) is 35.5. The van der Waals surface area contributed by atoms with Crippen molar-refractivity contribution in [2.24, 2.45) is 0 Å². The molecule has 0 radical (unpaired) electrons. The van der Waals surface area contributed by atoms with Crippen molar-refractivity contribution in [1.82, 2.24) is 0 Å². The smallest absolute Gasteiger partial charge is 0.462 e. The molecule has 0 heterocycles. The lowest BCUT2D eigenvalue weighted by atomic mass is 9.85. The van der Waals surface area contributed by atoms with Crippen LogP contribution in [0.5, 0.6) is 0 Å². The van der Waals surface area contributed by atoms with Crippen molar-refractivity contribution in [2.45, 2.75) is 210 Å². The highest BCUT2D eigenvalue weighted by molar-refractivity contribution is 7.47.